The van der Waals surface area contributed by atoms with Crippen molar-refractivity contribution in [1.29, 1.82) is 0 Å². The van der Waals surface area contributed by atoms with E-state index >= 15 is 0 Å². The molecule has 6 heteroatoms. The molecular weight excluding hydrogens is 184 g/mol. The van der Waals surface area contributed by atoms with Gasteiger partial charge in [-0.1, -0.05) is 0 Å². The van der Waals surface area contributed by atoms with Crippen molar-refractivity contribution in [2.75, 3.05) is 26.7 Å². The van der Waals surface area contributed by atoms with Crippen molar-refractivity contribution >= 4 is 11.9 Å². The van der Waals surface area contributed by atoms with Crippen LogP contribution in [0.2, 0.25) is 0 Å². The normalized spacial score (nSPS) is 19.9. The van der Waals surface area contributed by atoms with Gasteiger partial charge in [-0.05, 0) is 6.42 Å². The number of hydrogen-bond acceptors (Lipinski definition) is 3. The third-order valence-electron chi connectivity index (χ3n) is 2.34. The fourth-order valence-corrected chi connectivity index (χ4v) is 1.37. The first-order chi connectivity index (χ1) is 6.69. The monoisotopic (exact) mass is 200 g/mol. The first kappa shape index (κ1) is 10.8. The summed E-state index contributed by atoms with van der Waals surface area (Å²) in [6.45, 7) is 1.24. The van der Waals surface area contributed by atoms with Gasteiger partial charge in [0.15, 0.2) is 0 Å². The molecule has 0 saturated carbocycles. The van der Waals surface area contributed by atoms with Gasteiger partial charge in [-0.25, -0.2) is 4.79 Å². The van der Waals surface area contributed by atoms with Crippen LogP contribution in [-0.2, 0) is 4.79 Å². The van der Waals surface area contributed by atoms with Gasteiger partial charge < -0.3 is 21.3 Å². The number of nitrogens with one attached hydrogen (secondary N) is 2. The van der Waals surface area contributed by atoms with Gasteiger partial charge in [-0.2, -0.15) is 0 Å². The van der Waals surface area contributed by atoms with Gasteiger partial charge in [-0.3, -0.25) is 4.79 Å². The van der Waals surface area contributed by atoms with E-state index in [0.717, 1.165) is 13.0 Å². The summed E-state index contributed by atoms with van der Waals surface area (Å²) in [6, 6.07) is 0.0219. The Kier molecular flexibility index (Phi) is 3.70. The summed E-state index contributed by atoms with van der Waals surface area (Å²) >= 11 is 0. The standard InChI is InChI=1S/C8H16N4O2/c1-10-8(14)12-3-2-6(12)5-11-7(13)4-9/h6H,2-5,9H2,1H3,(H,10,14)(H,11,13). The van der Waals surface area contributed by atoms with E-state index in [1.165, 1.54) is 0 Å². The summed E-state index contributed by atoms with van der Waals surface area (Å²) in [7, 11) is 1.59. The zero-order chi connectivity index (χ0) is 10.6. The number of nitrogens with two attached hydrogens (primary N) is 1. The number of urea groups is 1. The van der Waals surface area contributed by atoms with Crippen LogP contribution in [0.5, 0.6) is 0 Å². The van der Waals surface area contributed by atoms with Crippen molar-refractivity contribution in [3.8, 4) is 0 Å². The minimum atomic E-state index is -0.186. The van der Waals surface area contributed by atoms with E-state index in [9.17, 15) is 9.59 Å². The SMILES string of the molecule is CNC(=O)N1CCC1CNC(=O)CN. The Balaban J connectivity index is 2.26. The molecule has 0 spiro atoms. The van der Waals surface area contributed by atoms with Crippen LogP contribution in [-0.4, -0.2) is 49.6 Å². The number of amides is 3. The van der Waals surface area contributed by atoms with Gasteiger partial charge in [0.2, 0.25) is 5.91 Å². The molecule has 14 heavy (non-hydrogen) atoms. The van der Waals surface area contributed by atoms with E-state index in [2.05, 4.69) is 10.6 Å². The van der Waals surface area contributed by atoms with Crippen molar-refractivity contribution in [3.63, 3.8) is 0 Å². The Morgan fingerprint density at radius 3 is 2.71 bits per heavy atom. The second kappa shape index (κ2) is 4.80. The number of carbonyl (C=O) groups excluding carboxylic acids is 2. The lowest BCUT2D eigenvalue weighted by Crippen LogP contribution is -2.58. The van der Waals surface area contributed by atoms with Crippen LogP contribution in [0, 0.1) is 0 Å². The zero-order valence-electron chi connectivity index (χ0n) is 8.25. The van der Waals surface area contributed by atoms with Crippen LogP contribution in [0.15, 0.2) is 0 Å². The van der Waals surface area contributed by atoms with Crippen molar-refractivity contribution in [2.45, 2.75) is 12.5 Å². The minimum absolute atomic E-state index is 0.00725. The zero-order valence-corrected chi connectivity index (χ0v) is 8.25. The van der Waals surface area contributed by atoms with Crippen LogP contribution in [0.4, 0.5) is 4.79 Å². The molecule has 0 radical (unpaired) electrons. The smallest absolute Gasteiger partial charge is 0.317 e. The van der Waals surface area contributed by atoms with Gasteiger partial charge in [0.05, 0.1) is 12.6 Å². The molecule has 80 valence electrons. The molecule has 1 saturated heterocycles. The van der Waals surface area contributed by atoms with Crippen molar-refractivity contribution < 1.29 is 9.59 Å². The van der Waals surface area contributed by atoms with Crippen LogP contribution >= 0.6 is 0 Å². The molecule has 0 aromatic heterocycles. The highest BCUT2D eigenvalue weighted by Gasteiger charge is 2.31. The second-order valence-corrected chi connectivity index (χ2v) is 3.20. The third kappa shape index (κ3) is 2.35. The largest absolute Gasteiger partial charge is 0.353 e. The molecule has 0 aromatic carbocycles. The first-order valence-corrected chi connectivity index (χ1v) is 4.64. The lowest BCUT2D eigenvalue weighted by molar-refractivity contribution is -0.120. The lowest BCUT2D eigenvalue weighted by Gasteiger charge is -2.40. The fourth-order valence-electron chi connectivity index (χ4n) is 1.37. The fraction of sp³-hybridized carbons (Fsp3) is 0.750. The van der Waals surface area contributed by atoms with E-state index in [0.29, 0.717) is 6.54 Å². The van der Waals surface area contributed by atoms with Crippen LogP contribution in [0.25, 0.3) is 0 Å². The molecule has 1 aliphatic heterocycles. The average molecular weight is 200 g/mol. The van der Waals surface area contributed by atoms with E-state index < -0.39 is 0 Å². The highest BCUT2D eigenvalue weighted by Crippen LogP contribution is 2.15. The maximum atomic E-state index is 11.2. The molecule has 1 rings (SSSR count). The maximum absolute atomic E-state index is 11.2. The van der Waals surface area contributed by atoms with E-state index in [-0.39, 0.29) is 24.5 Å². The van der Waals surface area contributed by atoms with Gasteiger partial charge in [0.25, 0.3) is 0 Å². The van der Waals surface area contributed by atoms with Crippen LogP contribution < -0.4 is 16.4 Å². The van der Waals surface area contributed by atoms with Gasteiger partial charge in [0, 0.05) is 20.1 Å². The Morgan fingerprint density at radius 2 is 2.29 bits per heavy atom. The Bertz CT molecular complexity index is 231. The molecule has 1 fully saturated rings. The van der Waals surface area contributed by atoms with E-state index in [4.69, 9.17) is 5.73 Å². The van der Waals surface area contributed by atoms with Crippen molar-refractivity contribution in [1.82, 2.24) is 15.5 Å². The van der Waals surface area contributed by atoms with Gasteiger partial charge in [0.1, 0.15) is 0 Å². The van der Waals surface area contributed by atoms with Gasteiger partial charge in [-0.15, -0.1) is 0 Å². The Labute approximate surface area is 82.8 Å². The predicted molar refractivity (Wildman–Crippen MR) is 51.6 cm³/mol. The molecule has 0 aromatic rings. The number of hydrogen-bond donors (Lipinski definition) is 3. The summed E-state index contributed by atoms with van der Waals surface area (Å²) in [5.74, 6) is -0.186. The minimum Gasteiger partial charge on any atom is -0.353 e. The summed E-state index contributed by atoms with van der Waals surface area (Å²) in [5, 5.41) is 5.21. The number of likely N-dealkylation sites (tertiary alicyclic amines) is 1. The number of rotatable bonds is 3. The van der Waals surface area contributed by atoms with Gasteiger partial charge >= 0.3 is 6.03 Å². The second-order valence-electron chi connectivity index (χ2n) is 3.20. The molecule has 1 unspecified atom stereocenters. The number of nitrogens with zero attached hydrogens (tertiary/aromatic N) is 1. The van der Waals surface area contributed by atoms with Crippen molar-refractivity contribution in [3.05, 3.63) is 0 Å². The molecule has 6 nitrogen and oxygen atoms in total. The summed E-state index contributed by atoms with van der Waals surface area (Å²) in [4.78, 5) is 23.7. The van der Waals surface area contributed by atoms with Crippen LogP contribution in [0.3, 0.4) is 0 Å². The third-order valence-corrected chi connectivity index (χ3v) is 2.34. The summed E-state index contributed by atoms with van der Waals surface area (Å²) in [5.41, 5.74) is 5.13. The lowest BCUT2D eigenvalue weighted by atomic mass is 10.0. The molecule has 1 atom stereocenters. The average Bonchev–Trinajstić information content (AvgIpc) is 2.15. The van der Waals surface area contributed by atoms with E-state index in [1.807, 2.05) is 0 Å². The highest BCUT2D eigenvalue weighted by molar-refractivity contribution is 5.78. The molecule has 1 aliphatic rings. The maximum Gasteiger partial charge on any atom is 0.317 e. The summed E-state index contributed by atoms with van der Waals surface area (Å²) in [6.07, 6.45) is 0.929. The predicted octanol–water partition coefficient (Wildman–Crippen LogP) is -1.52. The molecule has 0 aliphatic carbocycles. The van der Waals surface area contributed by atoms with Crippen LogP contribution in [0.1, 0.15) is 6.42 Å². The highest BCUT2D eigenvalue weighted by atomic mass is 16.2. The Hall–Kier alpha value is -1.30. The summed E-state index contributed by atoms with van der Waals surface area (Å²) < 4.78 is 0. The molecule has 4 N–H and O–H groups in total. The Morgan fingerprint density at radius 1 is 1.57 bits per heavy atom. The first-order valence-electron chi connectivity index (χ1n) is 4.64. The quantitative estimate of drug-likeness (QED) is 0.517. The molecule has 0 bridgehead atoms. The number of carbonyl (C=O) groups is 2. The van der Waals surface area contributed by atoms with E-state index in [1.54, 1.807) is 11.9 Å². The molecular formula is C8H16N4O2. The molecule has 3 amide bonds. The molecule has 1 heterocycles. The van der Waals surface area contributed by atoms with Crippen molar-refractivity contribution in [2.24, 2.45) is 5.73 Å². The topological polar surface area (TPSA) is 87.5 Å².